The monoisotopic (exact) mass is 174 g/mol. The third-order valence-electron chi connectivity index (χ3n) is 1.63. The number of hydrogen-bond acceptors (Lipinski definition) is 3. The van der Waals surface area contributed by atoms with Gasteiger partial charge in [-0.05, 0) is 20.3 Å². The van der Waals surface area contributed by atoms with E-state index in [1.807, 2.05) is 20.8 Å². The third-order valence-corrected chi connectivity index (χ3v) is 1.63. The second-order valence-electron chi connectivity index (χ2n) is 3.22. The normalized spacial score (nSPS) is 11.0. The Morgan fingerprint density at radius 3 is 2.58 bits per heavy atom. The smallest absolute Gasteiger partial charge is 0.407 e. The average Bonchev–Trinajstić information content (AvgIpc) is 2.00. The van der Waals surface area contributed by atoms with Gasteiger partial charge in [-0.2, -0.15) is 0 Å². The van der Waals surface area contributed by atoms with Crippen LogP contribution in [0.15, 0.2) is 0 Å². The van der Waals surface area contributed by atoms with Crippen LogP contribution in [-0.2, 0) is 4.74 Å². The number of ether oxygens (including phenoxy) is 1. The largest absolute Gasteiger partial charge is 0.444 e. The van der Waals surface area contributed by atoms with Crippen molar-refractivity contribution in [1.29, 1.82) is 0 Å². The maximum absolute atomic E-state index is 11.0. The minimum Gasteiger partial charge on any atom is -0.444 e. The highest BCUT2D eigenvalue weighted by molar-refractivity contribution is 5.67. The molecule has 0 aliphatic heterocycles. The summed E-state index contributed by atoms with van der Waals surface area (Å²) in [6, 6.07) is 0. The Hall–Kier alpha value is -0.770. The molecule has 72 valence electrons. The topological polar surface area (TPSA) is 64.3 Å². The first kappa shape index (κ1) is 11.2. The van der Waals surface area contributed by atoms with Crippen LogP contribution in [0.5, 0.6) is 0 Å². The lowest BCUT2D eigenvalue weighted by Gasteiger charge is -2.23. The van der Waals surface area contributed by atoms with Gasteiger partial charge in [0.1, 0.15) is 5.60 Å². The summed E-state index contributed by atoms with van der Waals surface area (Å²) in [5.74, 6) is 0. The zero-order valence-corrected chi connectivity index (χ0v) is 8.02. The molecule has 3 N–H and O–H groups in total. The summed E-state index contributed by atoms with van der Waals surface area (Å²) in [5.41, 5.74) is 4.81. The van der Waals surface area contributed by atoms with Crippen molar-refractivity contribution in [3.63, 3.8) is 0 Å². The van der Waals surface area contributed by atoms with E-state index in [2.05, 4.69) is 5.32 Å². The number of nitrogens with two attached hydrogens (primary N) is 1. The van der Waals surface area contributed by atoms with Crippen molar-refractivity contribution in [2.24, 2.45) is 5.73 Å². The van der Waals surface area contributed by atoms with Crippen LogP contribution in [-0.4, -0.2) is 24.8 Å². The molecule has 4 nitrogen and oxygen atoms in total. The summed E-state index contributed by atoms with van der Waals surface area (Å²) in [4.78, 5) is 11.0. The van der Waals surface area contributed by atoms with Crippen LogP contribution in [0.2, 0.25) is 0 Å². The van der Waals surface area contributed by atoms with Crippen LogP contribution in [0.3, 0.4) is 0 Å². The average molecular weight is 174 g/mol. The molecule has 0 radical (unpaired) electrons. The highest BCUT2D eigenvalue weighted by Gasteiger charge is 2.19. The Morgan fingerprint density at radius 2 is 2.17 bits per heavy atom. The fraction of sp³-hybridized carbons (Fsp3) is 0.875. The zero-order chi connectivity index (χ0) is 9.61. The molecule has 0 unspecified atom stereocenters. The SMILES string of the molecule is CCC(C)(C)OC(=O)NCCN. The number of rotatable bonds is 4. The van der Waals surface area contributed by atoms with Crippen molar-refractivity contribution in [3.8, 4) is 0 Å². The van der Waals surface area contributed by atoms with Crippen molar-refractivity contribution in [1.82, 2.24) is 5.32 Å². The number of amides is 1. The summed E-state index contributed by atoms with van der Waals surface area (Å²) in [7, 11) is 0. The minimum absolute atomic E-state index is 0.390. The first-order chi connectivity index (χ1) is 5.52. The van der Waals surface area contributed by atoms with Crippen LogP contribution >= 0.6 is 0 Å². The van der Waals surface area contributed by atoms with Crippen LogP contribution in [0.4, 0.5) is 4.79 Å². The molecule has 0 heterocycles. The van der Waals surface area contributed by atoms with Crippen molar-refractivity contribution in [2.75, 3.05) is 13.1 Å². The lowest BCUT2D eigenvalue weighted by atomic mass is 10.1. The Kier molecular flexibility index (Phi) is 4.66. The van der Waals surface area contributed by atoms with Gasteiger partial charge in [-0.15, -0.1) is 0 Å². The molecule has 0 fully saturated rings. The second-order valence-corrected chi connectivity index (χ2v) is 3.22. The number of hydrogen-bond donors (Lipinski definition) is 2. The summed E-state index contributed by atoms with van der Waals surface area (Å²) < 4.78 is 5.08. The lowest BCUT2D eigenvalue weighted by molar-refractivity contribution is 0.0365. The molecule has 0 bridgehead atoms. The van der Waals surface area contributed by atoms with Crippen LogP contribution < -0.4 is 11.1 Å². The molecule has 0 aromatic carbocycles. The molecule has 4 heteroatoms. The van der Waals surface area contributed by atoms with E-state index in [1.54, 1.807) is 0 Å². The van der Waals surface area contributed by atoms with E-state index in [4.69, 9.17) is 10.5 Å². The number of carbonyl (C=O) groups is 1. The minimum atomic E-state index is -0.396. The van der Waals surface area contributed by atoms with Crippen molar-refractivity contribution in [2.45, 2.75) is 32.8 Å². The zero-order valence-electron chi connectivity index (χ0n) is 8.02. The predicted molar refractivity (Wildman–Crippen MR) is 47.9 cm³/mol. The molecule has 0 rings (SSSR count). The van der Waals surface area contributed by atoms with Crippen molar-refractivity contribution >= 4 is 6.09 Å². The van der Waals surface area contributed by atoms with E-state index in [9.17, 15) is 4.79 Å². The summed E-state index contributed by atoms with van der Waals surface area (Å²) in [6.45, 7) is 6.60. The summed E-state index contributed by atoms with van der Waals surface area (Å²) >= 11 is 0. The first-order valence-corrected chi connectivity index (χ1v) is 4.18. The molecule has 12 heavy (non-hydrogen) atoms. The van der Waals surface area contributed by atoms with E-state index in [-0.39, 0.29) is 0 Å². The van der Waals surface area contributed by atoms with Crippen LogP contribution in [0.1, 0.15) is 27.2 Å². The van der Waals surface area contributed by atoms with Crippen LogP contribution in [0, 0.1) is 0 Å². The fourth-order valence-electron chi connectivity index (χ4n) is 0.533. The van der Waals surface area contributed by atoms with Gasteiger partial charge in [0, 0.05) is 13.1 Å². The Morgan fingerprint density at radius 1 is 1.58 bits per heavy atom. The van der Waals surface area contributed by atoms with E-state index >= 15 is 0 Å². The molecule has 0 saturated heterocycles. The quantitative estimate of drug-likeness (QED) is 0.664. The Bertz CT molecular complexity index is 146. The van der Waals surface area contributed by atoms with Crippen molar-refractivity contribution in [3.05, 3.63) is 0 Å². The highest BCUT2D eigenvalue weighted by Crippen LogP contribution is 2.12. The van der Waals surface area contributed by atoms with Gasteiger partial charge < -0.3 is 15.8 Å². The highest BCUT2D eigenvalue weighted by atomic mass is 16.6. The van der Waals surface area contributed by atoms with E-state index < -0.39 is 11.7 Å². The molecule has 0 atom stereocenters. The number of carbonyl (C=O) groups excluding carboxylic acids is 1. The number of alkyl carbamates (subject to hydrolysis) is 1. The molecular formula is C8H18N2O2. The Labute approximate surface area is 73.5 Å². The molecule has 0 aromatic heterocycles. The van der Waals surface area contributed by atoms with Crippen molar-refractivity contribution < 1.29 is 9.53 Å². The van der Waals surface area contributed by atoms with E-state index in [0.717, 1.165) is 6.42 Å². The first-order valence-electron chi connectivity index (χ1n) is 4.18. The van der Waals surface area contributed by atoms with Gasteiger partial charge in [0.2, 0.25) is 0 Å². The lowest BCUT2D eigenvalue weighted by Crippen LogP contribution is -2.36. The standard InChI is InChI=1S/C8H18N2O2/c1-4-8(2,3)12-7(11)10-6-5-9/h4-6,9H2,1-3H3,(H,10,11). The molecule has 0 aliphatic carbocycles. The predicted octanol–water partition coefficient (Wildman–Crippen LogP) is 0.860. The van der Waals surface area contributed by atoms with Gasteiger partial charge in [0.05, 0.1) is 0 Å². The van der Waals surface area contributed by atoms with Crippen LogP contribution in [0.25, 0.3) is 0 Å². The van der Waals surface area contributed by atoms with Gasteiger partial charge in [0.15, 0.2) is 0 Å². The maximum atomic E-state index is 11.0. The van der Waals surface area contributed by atoms with E-state index in [1.165, 1.54) is 0 Å². The van der Waals surface area contributed by atoms with Gasteiger partial charge in [-0.25, -0.2) is 4.79 Å². The second kappa shape index (κ2) is 4.98. The molecule has 0 aliphatic rings. The maximum Gasteiger partial charge on any atom is 0.407 e. The summed E-state index contributed by atoms with van der Waals surface area (Å²) in [5, 5.41) is 2.54. The molecule has 0 saturated carbocycles. The Balaban J connectivity index is 3.68. The van der Waals surface area contributed by atoms with E-state index in [0.29, 0.717) is 13.1 Å². The van der Waals surface area contributed by atoms with Gasteiger partial charge in [-0.1, -0.05) is 6.92 Å². The molecular weight excluding hydrogens is 156 g/mol. The third kappa shape index (κ3) is 4.96. The molecule has 0 aromatic rings. The number of nitrogens with one attached hydrogen (secondary N) is 1. The van der Waals surface area contributed by atoms with Gasteiger partial charge in [0.25, 0.3) is 0 Å². The van der Waals surface area contributed by atoms with Gasteiger partial charge >= 0.3 is 6.09 Å². The fourth-order valence-corrected chi connectivity index (χ4v) is 0.533. The molecule has 1 amide bonds. The summed E-state index contributed by atoms with van der Waals surface area (Å²) in [6.07, 6.45) is 0.399. The molecule has 0 spiro atoms. The van der Waals surface area contributed by atoms with Gasteiger partial charge in [-0.3, -0.25) is 0 Å².